The summed E-state index contributed by atoms with van der Waals surface area (Å²) in [7, 11) is 0. The molecular weight excluding hydrogens is 698 g/mol. The number of carboxylic acid groups (broad SMARTS) is 1. The highest BCUT2D eigenvalue weighted by Gasteiger charge is 2.41. The Bertz CT molecular complexity index is 1810. The van der Waals surface area contributed by atoms with Gasteiger partial charge in [0.15, 0.2) is 0 Å². The van der Waals surface area contributed by atoms with E-state index in [1.54, 1.807) is 25.3 Å². The summed E-state index contributed by atoms with van der Waals surface area (Å²) < 4.78 is 94.0. The fourth-order valence-corrected chi connectivity index (χ4v) is 6.27. The lowest BCUT2D eigenvalue weighted by Crippen LogP contribution is -2.46. The van der Waals surface area contributed by atoms with Crippen molar-refractivity contribution in [3.05, 3.63) is 76.2 Å². The predicted octanol–water partition coefficient (Wildman–Crippen LogP) is 7.35. The molecule has 2 aliphatic rings. The number of amides is 1. The lowest BCUT2D eigenvalue weighted by Gasteiger charge is -2.40. The van der Waals surface area contributed by atoms with Gasteiger partial charge in [0.2, 0.25) is 0 Å². The van der Waals surface area contributed by atoms with Crippen LogP contribution in [-0.2, 0) is 33.0 Å². The van der Waals surface area contributed by atoms with Gasteiger partial charge in [-0.05, 0) is 67.6 Å². The van der Waals surface area contributed by atoms with Gasteiger partial charge in [-0.25, -0.2) is 14.8 Å². The Morgan fingerprint density at radius 2 is 1.83 bits per heavy atom. The van der Waals surface area contributed by atoms with E-state index in [1.165, 1.54) is 11.0 Å². The van der Waals surface area contributed by atoms with Crippen LogP contribution in [0.2, 0.25) is 0 Å². The van der Waals surface area contributed by atoms with Crippen LogP contribution in [-0.4, -0.2) is 66.1 Å². The SMILES string of the molecule is CC[C@@H]1C[C@H](Nc2ncc(N3CCOCC3)cc2Cc2cc(C#N)cc(C(F)(F)F)c2)c2nc(C(F)(F)F)ccc2N1C(=O)OCCCCC(=O)O. The number of morpholine rings is 1. The van der Waals surface area contributed by atoms with Crippen molar-refractivity contribution in [2.75, 3.05) is 48.0 Å². The minimum atomic E-state index is -4.82. The van der Waals surface area contributed by atoms with Crippen LogP contribution in [0.5, 0.6) is 0 Å². The van der Waals surface area contributed by atoms with Crippen molar-refractivity contribution in [1.29, 1.82) is 5.26 Å². The highest BCUT2D eigenvalue weighted by molar-refractivity contribution is 5.90. The number of nitrogens with zero attached hydrogens (tertiary/aromatic N) is 5. The summed E-state index contributed by atoms with van der Waals surface area (Å²) in [6.07, 6.45) is -8.07. The second kappa shape index (κ2) is 16.1. The molecule has 1 amide bonds. The third-order valence-electron chi connectivity index (χ3n) is 8.82. The summed E-state index contributed by atoms with van der Waals surface area (Å²) >= 11 is 0. The number of carbonyl (C=O) groups is 2. The summed E-state index contributed by atoms with van der Waals surface area (Å²) in [6, 6.07) is 6.95. The number of ether oxygens (including phenoxy) is 2. The molecule has 11 nitrogen and oxygen atoms in total. The van der Waals surface area contributed by atoms with Crippen LogP contribution < -0.4 is 15.1 Å². The van der Waals surface area contributed by atoms with Gasteiger partial charge < -0.3 is 24.8 Å². The maximum Gasteiger partial charge on any atom is 0.433 e. The Labute approximate surface area is 295 Å². The van der Waals surface area contributed by atoms with E-state index in [0.29, 0.717) is 44.0 Å². The molecule has 17 heteroatoms. The average molecular weight is 735 g/mol. The van der Waals surface area contributed by atoms with E-state index in [-0.39, 0.29) is 67.0 Å². The van der Waals surface area contributed by atoms with Gasteiger partial charge in [-0.1, -0.05) is 6.92 Å². The molecule has 0 unspecified atom stereocenters. The molecule has 0 bridgehead atoms. The third kappa shape index (κ3) is 9.21. The Hall–Kier alpha value is -5.11. The summed E-state index contributed by atoms with van der Waals surface area (Å²) in [6.45, 7) is 3.63. The van der Waals surface area contributed by atoms with Crippen LogP contribution >= 0.6 is 0 Å². The number of benzene rings is 1. The summed E-state index contributed by atoms with van der Waals surface area (Å²) in [5, 5.41) is 21.5. The van der Waals surface area contributed by atoms with Gasteiger partial charge >= 0.3 is 24.4 Å². The van der Waals surface area contributed by atoms with Gasteiger partial charge in [0.1, 0.15) is 11.5 Å². The van der Waals surface area contributed by atoms with Crippen LogP contribution in [0, 0.1) is 11.3 Å². The van der Waals surface area contributed by atoms with Crippen LogP contribution in [0.3, 0.4) is 0 Å². The van der Waals surface area contributed by atoms with Crippen molar-refractivity contribution in [1.82, 2.24) is 9.97 Å². The molecule has 52 heavy (non-hydrogen) atoms. The number of aliphatic carboxylic acids is 1. The van der Waals surface area contributed by atoms with Gasteiger partial charge in [0, 0.05) is 37.5 Å². The van der Waals surface area contributed by atoms with Crippen LogP contribution in [0.25, 0.3) is 0 Å². The van der Waals surface area contributed by atoms with Crippen LogP contribution in [0.1, 0.15) is 78.7 Å². The van der Waals surface area contributed by atoms with E-state index in [4.69, 9.17) is 14.6 Å². The van der Waals surface area contributed by atoms with Crippen LogP contribution in [0.15, 0.2) is 42.6 Å². The molecule has 1 saturated heterocycles. The number of halogens is 6. The summed E-state index contributed by atoms with van der Waals surface area (Å²) in [4.78, 5) is 36.0. The molecule has 2 atom stereocenters. The van der Waals surface area contributed by atoms with E-state index in [1.807, 2.05) is 4.90 Å². The van der Waals surface area contributed by atoms with Gasteiger partial charge in [-0.2, -0.15) is 31.6 Å². The minimum Gasteiger partial charge on any atom is -0.481 e. The normalized spacial score (nSPS) is 17.7. The third-order valence-corrected chi connectivity index (χ3v) is 8.82. The molecule has 0 radical (unpaired) electrons. The molecule has 0 spiro atoms. The van der Waals surface area contributed by atoms with E-state index in [2.05, 4.69) is 15.3 Å². The average Bonchev–Trinajstić information content (AvgIpc) is 3.11. The van der Waals surface area contributed by atoms with E-state index in [9.17, 15) is 41.2 Å². The number of unbranched alkanes of at least 4 members (excludes halogenated alkanes) is 1. The lowest BCUT2D eigenvalue weighted by atomic mass is 9.92. The zero-order chi connectivity index (χ0) is 37.6. The number of carboxylic acids is 1. The Balaban J connectivity index is 1.53. The minimum absolute atomic E-state index is 0.0698. The highest BCUT2D eigenvalue weighted by atomic mass is 19.4. The number of carbonyl (C=O) groups excluding carboxylic acids is 1. The maximum absolute atomic E-state index is 14.0. The van der Waals surface area contributed by atoms with Crippen molar-refractivity contribution in [3.8, 4) is 6.07 Å². The molecule has 278 valence electrons. The second-order valence-electron chi connectivity index (χ2n) is 12.4. The molecule has 2 aromatic heterocycles. The molecule has 0 saturated carbocycles. The first-order valence-electron chi connectivity index (χ1n) is 16.6. The number of nitriles is 1. The smallest absolute Gasteiger partial charge is 0.433 e. The maximum atomic E-state index is 14.0. The number of aromatic nitrogens is 2. The molecule has 5 rings (SSSR count). The number of alkyl halides is 6. The number of fused-ring (bicyclic) bond motifs is 1. The monoisotopic (exact) mass is 734 g/mol. The van der Waals surface area contributed by atoms with Gasteiger partial charge in [-0.15, -0.1) is 0 Å². The first-order valence-corrected chi connectivity index (χ1v) is 16.6. The van der Waals surface area contributed by atoms with E-state index < -0.39 is 47.8 Å². The molecule has 3 aromatic rings. The Morgan fingerprint density at radius 3 is 2.48 bits per heavy atom. The standard InChI is InChI=1S/C35H36F6N6O5/c1-2-25-18-27(31-28(6-7-29(45-31)35(39,40)41)47(25)33(50)52-10-4-3-5-30(48)49)44-32-23(17-26(20-43-32)46-8-11-51-12-9-46)14-21-13-22(19-42)16-24(15-21)34(36,37)38/h6-7,13,15-17,20,25,27H,2-5,8-12,14,18H2,1H3,(H,43,44)(H,48,49)/t25-,27+/m1/s1. The quantitative estimate of drug-likeness (QED) is 0.152. The van der Waals surface area contributed by atoms with Gasteiger partial charge in [0.25, 0.3) is 0 Å². The number of pyridine rings is 2. The molecule has 2 aliphatic heterocycles. The number of nitrogens with one attached hydrogen (secondary N) is 1. The number of anilines is 3. The molecule has 0 aliphatic carbocycles. The zero-order valence-corrected chi connectivity index (χ0v) is 28.1. The van der Waals surface area contributed by atoms with Crippen molar-refractivity contribution in [2.24, 2.45) is 0 Å². The van der Waals surface area contributed by atoms with Gasteiger partial charge in [0.05, 0.1) is 66.3 Å². The Kier molecular flexibility index (Phi) is 11.8. The molecule has 2 N–H and O–H groups in total. The van der Waals surface area contributed by atoms with Crippen molar-refractivity contribution in [3.63, 3.8) is 0 Å². The van der Waals surface area contributed by atoms with Crippen LogP contribution in [0.4, 0.5) is 48.3 Å². The lowest BCUT2D eigenvalue weighted by molar-refractivity contribution is -0.141. The molecule has 1 fully saturated rings. The predicted molar refractivity (Wildman–Crippen MR) is 176 cm³/mol. The molecule has 4 heterocycles. The van der Waals surface area contributed by atoms with E-state index >= 15 is 0 Å². The topological polar surface area (TPSA) is 141 Å². The second-order valence-corrected chi connectivity index (χ2v) is 12.4. The van der Waals surface area contributed by atoms with E-state index in [0.717, 1.165) is 24.3 Å². The number of hydrogen-bond donors (Lipinski definition) is 2. The zero-order valence-electron chi connectivity index (χ0n) is 28.1. The number of rotatable bonds is 11. The highest BCUT2D eigenvalue weighted by Crippen LogP contribution is 2.42. The number of hydrogen-bond acceptors (Lipinski definition) is 9. The largest absolute Gasteiger partial charge is 0.481 e. The molecular formula is C35H36F6N6O5. The first kappa shape index (κ1) is 38.1. The summed E-state index contributed by atoms with van der Waals surface area (Å²) in [5.74, 6) is -0.824. The van der Waals surface area contributed by atoms with Crippen molar-refractivity contribution in [2.45, 2.75) is 69.9 Å². The fourth-order valence-electron chi connectivity index (χ4n) is 6.27. The van der Waals surface area contributed by atoms with Gasteiger partial charge in [-0.3, -0.25) is 9.69 Å². The van der Waals surface area contributed by atoms with Crippen molar-refractivity contribution >= 4 is 29.3 Å². The Morgan fingerprint density at radius 1 is 1.08 bits per heavy atom. The van der Waals surface area contributed by atoms with Crippen molar-refractivity contribution < 1.29 is 50.5 Å². The fraction of sp³-hybridized carbons (Fsp3) is 0.457. The first-order chi connectivity index (χ1) is 24.7. The molecule has 1 aromatic carbocycles. The summed E-state index contributed by atoms with van der Waals surface area (Å²) in [5.41, 5.74) is -1.20.